The summed E-state index contributed by atoms with van der Waals surface area (Å²) in [6.07, 6.45) is 1.88. The molecule has 0 fully saturated rings. The predicted molar refractivity (Wildman–Crippen MR) is 61.8 cm³/mol. The molecular weight excluding hydrogens is 228 g/mol. The standard InChI is InChI=1S/C11H11ClN2O2/c1-3-14-5-4-7-8(11(15)16-2)6-9(12)13-10(7)14/h4-6H,3H2,1-2H3. The summed E-state index contributed by atoms with van der Waals surface area (Å²) < 4.78 is 6.63. The van der Waals surface area contributed by atoms with E-state index in [4.69, 9.17) is 16.3 Å². The van der Waals surface area contributed by atoms with Gasteiger partial charge in [-0.15, -0.1) is 0 Å². The summed E-state index contributed by atoms with van der Waals surface area (Å²) in [5.41, 5.74) is 1.15. The molecule has 2 aromatic rings. The van der Waals surface area contributed by atoms with E-state index in [1.54, 1.807) is 0 Å². The van der Waals surface area contributed by atoms with Crippen LogP contribution in [0.1, 0.15) is 17.3 Å². The molecule has 84 valence electrons. The predicted octanol–water partition coefficient (Wildman–Crippen LogP) is 2.50. The van der Waals surface area contributed by atoms with Crippen LogP contribution >= 0.6 is 11.6 Å². The van der Waals surface area contributed by atoms with Crippen LogP contribution in [0.2, 0.25) is 5.15 Å². The van der Waals surface area contributed by atoms with Gasteiger partial charge in [0.25, 0.3) is 0 Å². The lowest BCUT2D eigenvalue weighted by molar-refractivity contribution is 0.0603. The van der Waals surface area contributed by atoms with Crippen molar-refractivity contribution in [2.24, 2.45) is 0 Å². The highest BCUT2D eigenvalue weighted by Crippen LogP contribution is 2.22. The zero-order chi connectivity index (χ0) is 11.7. The number of aryl methyl sites for hydroxylation is 1. The minimum absolute atomic E-state index is 0.293. The highest BCUT2D eigenvalue weighted by Gasteiger charge is 2.14. The van der Waals surface area contributed by atoms with Gasteiger partial charge in [-0.2, -0.15) is 0 Å². The molecule has 0 unspecified atom stereocenters. The number of hydrogen-bond acceptors (Lipinski definition) is 3. The average molecular weight is 239 g/mol. The van der Waals surface area contributed by atoms with Crippen LogP contribution in [0, 0.1) is 0 Å². The summed E-state index contributed by atoms with van der Waals surface area (Å²) >= 11 is 5.88. The second kappa shape index (κ2) is 4.14. The van der Waals surface area contributed by atoms with Gasteiger partial charge in [-0.25, -0.2) is 9.78 Å². The summed E-state index contributed by atoms with van der Waals surface area (Å²) in [4.78, 5) is 15.8. The van der Waals surface area contributed by atoms with Crippen molar-refractivity contribution in [2.45, 2.75) is 13.5 Å². The lowest BCUT2D eigenvalue weighted by Gasteiger charge is -2.04. The molecule has 0 radical (unpaired) electrons. The van der Waals surface area contributed by atoms with Crippen molar-refractivity contribution in [1.29, 1.82) is 0 Å². The number of hydrogen-bond donors (Lipinski definition) is 0. The SMILES string of the molecule is CCn1ccc2c(C(=O)OC)cc(Cl)nc21. The van der Waals surface area contributed by atoms with Gasteiger partial charge in [0.2, 0.25) is 0 Å². The maximum absolute atomic E-state index is 11.6. The van der Waals surface area contributed by atoms with Crippen molar-refractivity contribution in [3.8, 4) is 0 Å². The summed E-state index contributed by atoms with van der Waals surface area (Å²) in [6.45, 7) is 2.78. The highest BCUT2D eigenvalue weighted by molar-refractivity contribution is 6.30. The molecule has 0 atom stereocenters. The highest BCUT2D eigenvalue weighted by atomic mass is 35.5. The van der Waals surface area contributed by atoms with E-state index in [1.807, 2.05) is 23.8 Å². The van der Waals surface area contributed by atoms with Crippen molar-refractivity contribution < 1.29 is 9.53 Å². The molecule has 2 rings (SSSR count). The van der Waals surface area contributed by atoms with Gasteiger partial charge in [0, 0.05) is 18.1 Å². The van der Waals surface area contributed by atoms with Gasteiger partial charge < -0.3 is 9.30 Å². The maximum Gasteiger partial charge on any atom is 0.338 e. The van der Waals surface area contributed by atoms with Crippen LogP contribution in [0.15, 0.2) is 18.3 Å². The third-order valence-electron chi connectivity index (χ3n) is 2.45. The van der Waals surface area contributed by atoms with E-state index in [9.17, 15) is 4.79 Å². The Bertz CT molecular complexity index is 548. The number of esters is 1. The third-order valence-corrected chi connectivity index (χ3v) is 2.64. The normalized spacial score (nSPS) is 10.7. The average Bonchev–Trinajstić information content (AvgIpc) is 2.69. The molecule has 0 aliphatic rings. The molecule has 2 aromatic heterocycles. The number of carbonyl (C=O) groups excluding carboxylic acids is 1. The van der Waals surface area contributed by atoms with Crippen molar-refractivity contribution in [3.63, 3.8) is 0 Å². The molecule has 0 saturated carbocycles. The van der Waals surface area contributed by atoms with Crippen LogP contribution in [-0.2, 0) is 11.3 Å². The Kier molecular flexibility index (Phi) is 2.83. The molecule has 2 heterocycles. The Morgan fingerprint density at radius 1 is 1.62 bits per heavy atom. The van der Waals surface area contributed by atoms with E-state index < -0.39 is 5.97 Å². The van der Waals surface area contributed by atoms with Crippen LogP contribution in [-0.4, -0.2) is 22.6 Å². The van der Waals surface area contributed by atoms with Crippen LogP contribution in [0.4, 0.5) is 0 Å². The van der Waals surface area contributed by atoms with Gasteiger partial charge in [0.15, 0.2) is 0 Å². The molecule has 4 nitrogen and oxygen atoms in total. The largest absolute Gasteiger partial charge is 0.465 e. The van der Waals surface area contributed by atoms with Crippen LogP contribution < -0.4 is 0 Å². The second-order valence-electron chi connectivity index (χ2n) is 3.32. The minimum atomic E-state index is -0.400. The molecule has 0 aromatic carbocycles. The van der Waals surface area contributed by atoms with Crippen LogP contribution in [0.5, 0.6) is 0 Å². The smallest absolute Gasteiger partial charge is 0.338 e. The van der Waals surface area contributed by atoms with Crippen molar-refractivity contribution >= 4 is 28.6 Å². The zero-order valence-corrected chi connectivity index (χ0v) is 9.78. The molecule has 0 N–H and O–H groups in total. The molecule has 16 heavy (non-hydrogen) atoms. The maximum atomic E-state index is 11.6. The number of aromatic nitrogens is 2. The fourth-order valence-corrected chi connectivity index (χ4v) is 1.85. The molecule has 0 aliphatic carbocycles. The second-order valence-corrected chi connectivity index (χ2v) is 3.71. The number of rotatable bonds is 2. The number of fused-ring (bicyclic) bond motifs is 1. The van der Waals surface area contributed by atoms with Crippen LogP contribution in [0.3, 0.4) is 0 Å². The fourth-order valence-electron chi connectivity index (χ4n) is 1.66. The Balaban J connectivity index is 2.74. The van der Waals surface area contributed by atoms with Gasteiger partial charge in [0.05, 0.1) is 12.7 Å². The van der Waals surface area contributed by atoms with E-state index in [2.05, 4.69) is 4.98 Å². The van der Waals surface area contributed by atoms with Gasteiger partial charge >= 0.3 is 5.97 Å². The lowest BCUT2D eigenvalue weighted by Crippen LogP contribution is -2.03. The van der Waals surface area contributed by atoms with E-state index in [-0.39, 0.29) is 0 Å². The quantitative estimate of drug-likeness (QED) is 0.596. The van der Waals surface area contributed by atoms with Crippen LogP contribution in [0.25, 0.3) is 11.0 Å². The molecule has 0 spiro atoms. The molecule has 5 heteroatoms. The number of nitrogens with zero attached hydrogens (tertiary/aromatic N) is 2. The first-order chi connectivity index (χ1) is 7.67. The lowest BCUT2D eigenvalue weighted by atomic mass is 10.2. The van der Waals surface area contributed by atoms with Gasteiger partial charge in [0.1, 0.15) is 10.8 Å². The van der Waals surface area contributed by atoms with Crippen molar-refractivity contribution in [3.05, 3.63) is 29.0 Å². The summed E-state index contributed by atoms with van der Waals surface area (Å²) in [6, 6.07) is 3.37. The fraction of sp³-hybridized carbons (Fsp3) is 0.273. The Labute approximate surface area is 97.8 Å². The monoisotopic (exact) mass is 238 g/mol. The number of carbonyl (C=O) groups is 1. The van der Waals surface area contributed by atoms with Gasteiger partial charge in [-0.3, -0.25) is 0 Å². The number of ether oxygens (including phenoxy) is 1. The molecule has 0 saturated heterocycles. The molecule has 0 aliphatic heterocycles. The minimum Gasteiger partial charge on any atom is -0.465 e. The Morgan fingerprint density at radius 3 is 3.00 bits per heavy atom. The van der Waals surface area contributed by atoms with Gasteiger partial charge in [-0.1, -0.05) is 11.6 Å². The first-order valence-corrected chi connectivity index (χ1v) is 5.29. The first-order valence-electron chi connectivity index (χ1n) is 4.91. The molecule has 0 bridgehead atoms. The van der Waals surface area contributed by atoms with E-state index in [0.29, 0.717) is 16.4 Å². The van der Waals surface area contributed by atoms with Crippen molar-refractivity contribution in [1.82, 2.24) is 9.55 Å². The van der Waals surface area contributed by atoms with Crippen molar-refractivity contribution in [2.75, 3.05) is 7.11 Å². The topological polar surface area (TPSA) is 44.1 Å². The Hall–Kier alpha value is -1.55. The number of halogens is 1. The third kappa shape index (κ3) is 1.65. The molecule has 0 amide bonds. The van der Waals surface area contributed by atoms with E-state index in [0.717, 1.165) is 11.9 Å². The Morgan fingerprint density at radius 2 is 2.38 bits per heavy atom. The summed E-state index contributed by atoms with van der Waals surface area (Å²) in [5.74, 6) is -0.400. The van der Waals surface area contributed by atoms with E-state index >= 15 is 0 Å². The number of methoxy groups -OCH3 is 1. The zero-order valence-electron chi connectivity index (χ0n) is 9.03. The summed E-state index contributed by atoms with van der Waals surface area (Å²) in [5, 5.41) is 1.06. The first kappa shape index (κ1) is 11.0. The van der Waals surface area contributed by atoms with E-state index in [1.165, 1.54) is 13.2 Å². The number of pyridine rings is 1. The summed E-state index contributed by atoms with van der Waals surface area (Å²) in [7, 11) is 1.35. The molecular formula is C11H11ClN2O2. The van der Waals surface area contributed by atoms with Gasteiger partial charge in [-0.05, 0) is 19.1 Å².